The lowest BCUT2D eigenvalue weighted by molar-refractivity contribution is -0.159. The van der Waals surface area contributed by atoms with Crippen LogP contribution in [0.4, 0.5) is 13.2 Å². The lowest BCUT2D eigenvalue weighted by Crippen LogP contribution is -2.45. The highest BCUT2D eigenvalue weighted by atomic mass is 19.4. The summed E-state index contributed by atoms with van der Waals surface area (Å²) in [6.45, 7) is 2.44. The lowest BCUT2D eigenvalue weighted by atomic mass is 10.2. The zero-order valence-electron chi connectivity index (χ0n) is 11.3. The van der Waals surface area contributed by atoms with Crippen LogP contribution in [0.2, 0.25) is 0 Å². The molecule has 0 atom stereocenters. The Labute approximate surface area is 110 Å². The Morgan fingerprint density at radius 1 is 1.21 bits per heavy atom. The van der Waals surface area contributed by atoms with Crippen LogP contribution in [-0.4, -0.2) is 61.0 Å². The van der Waals surface area contributed by atoms with Crippen molar-refractivity contribution in [1.29, 1.82) is 0 Å². The third-order valence-electron chi connectivity index (χ3n) is 2.20. The highest BCUT2D eigenvalue weighted by Gasteiger charge is 2.31. The largest absolute Gasteiger partial charge is 0.406 e. The van der Waals surface area contributed by atoms with E-state index in [-0.39, 0.29) is 19.0 Å². The average Bonchev–Trinajstić information content (AvgIpc) is 2.11. The minimum absolute atomic E-state index is 0.149. The summed E-state index contributed by atoms with van der Waals surface area (Å²) < 4.78 is 36.4. The van der Waals surface area contributed by atoms with E-state index in [1.54, 1.807) is 0 Å². The second kappa shape index (κ2) is 7.32. The fourth-order valence-corrected chi connectivity index (χ4v) is 1.59. The van der Waals surface area contributed by atoms with Crippen LogP contribution in [0.1, 0.15) is 13.8 Å². The molecule has 19 heavy (non-hydrogen) atoms. The van der Waals surface area contributed by atoms with Gasteiger partial charge in [-0.15, -0.1) is 0 Å². The normalized spacial score (nSPS) is 12.0. The number of likely N-dealkylation sites (N-methyl/N-ethyl adjacent to an activating group) is 1. The number of rotatable bonds is 7. The van der Waals surface area contributed by atoms with Gasteiger partial charge in [-0.3, -0.25) is 14.5 Å². The Morgan fingerprint density at radius 2 is 1.74 bits per heavy atom. The summed E-state index contributed by atoms with van der Waals surface area (Å²) in [5, 5.41) is 0. The van der Waals surface area contributed by atoms with Gasteiger partial charge in [-0.1, -0.05) is 13.8 Å². The van der Waals surface area contributed by atoms with Crippen LogP contribution >= 0.6 is 0 Å². The van der Waals surface area contributed by atoms with Crippen molar-refractivity contribution in [2.24, 2.45) is 11.7 Å². The average molecular weight is 283 g/mol. The first-order valence-electron chi connectivity index (χ1n) is 5.82. The highest BCUT2D eigenvalue weighted by molar-refractivity contribution is 5.80. The summed E-state index contributed by atoms with van der Waals surface area (Å²) in [7, 11) is 1.08. The van der Waals surface area contributed by atoms with Gasteiger partial charge in [0, 0.05) is 13.6 Å². The van der Waals surface area contributed by atoms with Gasteiger partial charge in [0.15, 0.2) is 0 Å². The molecular weight excluding hydrogens is 263 g/mol. The minimum Gasteiger partial charge on any atom is -0.369 e. The van der Waals surface area contributed by atoms with E-state index < -0.39 is 24.5 Å². The number of carbonyl (C=O) groups is 2. The molecule has 2 N–H and O–H groups in total. The van der Waals surface area contributed by atoms with Crippen molar-refractivity contribution < 1.29 is 22.8 Å². The first-order chi connectivity index (χ1) is 8.51. The summed E-state index contributed by atoms with van der Waals surface area (Å²) in [5.74, 6) is -1.15. The Morgan fingerprint density at radius 3 is 2.11 bits per heavy atom. The van der Waals surface area contributed by atoms with E-state index in [0.717, 1.165) is 7.05 Å². The molecule has 0 bridgehead atoms. The van der Waals surface area contributed by atoms with Crippen LogP contribution in [0.3, 0.4) is 0 Å². The van der Waals surface area contributed by atoms with Gasteiger partial charge in [0.05, 0.1) is 13.1 Å². The van der Waals surface area contributed by atoms with E-state index in [1.807, 2.05) is 13.8 Å². The molecular formula is C11H20F3N3O2. The van der Waals surface area contributed by atoms with Gasteiger partial charge >= 0.3 is 6.18 Å². The van der Waals surface area contributed by atoms with Crippen LogP contribution in [-0.2, 0) is 9.59 Å². The van der Waals surface area contributed by atoms with Crippen molar-refractivity contribution >= 4 is 11.8 Å². The van der Waals surface area contributed by atoms with Crippen LogP contribution in [0.5, 0.6) is 0 Å². The second-order valence-electron chi connectivity index (χ2n) is 4.89. The molecule has 2 amide bonds. The molecule has 0 aromatic carbocycles. The zero-order chi connectivity index (χ0) is 15.2. The molecule has 112 valence electrons. The molecule has 0 spiro atoms. The second-order valence-corrected chi connectivity index (χ2v) is 4.89. The van der Waals surface area contributed by atoms with Gasteiger partial charge in [-0.05, 0) is 5.92 Å². The Hall–Kier alpha value is -1.31. The van der Waals surface area contributed by atoms with Crippen molar-refractivity contribution in [1.82, 2.24) is 9.80 Å². The van der Waals surface area contributed by atoms with Crippen LogP contribution in [0, 0.1) is 5.92 Å². The van der Waals surface area contributed by atoms with Gasteiger partial charge in [0.1, 0.15) is 6.54 Å². The number of nitrogens with two attached hydrogens (primary N) is 1. The van der Waals surface area contributed by atoms with E-state index >= 15 is 0 Å². The van der Waals surface area contributed by atoms with E-state index in [0.29, 0.717) is 11.4 Å². The molecule has 8 heteroatoms. The van der Waals surface area contributed by atoms with Gasteiger partial charge in [-0.25, -0.2) is 0 Å². The third kappa shape index (κ3) is 9.29. The molecule has 0 aliphatic heterocycles. The van der Waals surface area contributed by atoms with Crippen molar-refractivity contribution in [3.8, 4) is 0 Å². The number of nitrogens with zero attached hydrogens (tertiary/aromatic N) is 2. The highest BCUT2D eigenvalue weighted by Crippen LogP contribution is 2.15. The Bertz CT molecular complexity index is 319. The summed E-state index contributed by atoms with van der Waals surface area (Å²) in [6.07, 6.45) is -4.43. The lowest BCUT2D eigenvalue weighted by Gasteiger charge is -2.25. The van der Waals surface area contributed by atoms with E-state index in [9.17, 15) is 22.8 Å². The minimum atomic E-state index is -4.43. The molecule has 0 aromatic heterocycles. The van der Waals surface area contributed by atoms with Crippen molar-refractivity contribution in [3.05, 3.63) is 0 Å². The molecule has 0 aliphatic rings. The van der Waals surface area contributed by atoms with E-state index in [2.05, 4.69) is 0 Å². The number of hydrogen-bond acceptors (Lipinski definition) is 3. The molecule has 0 unspecified atom stereocenters. The van der Waals surface area contributed by atoms with Gasteiger partial charge in [0.2, 0.25) is 11.8 Å². The predicted molar refractivity (Wildman–Crippen MR) is 64.2 cm³/mol. The van der Waals surface area contributed by atoms with Gasteiger partial charge in [-0.2, -0.15) is 13.2 Å². The van der Waals surface area contributed by atoms with Crippen molar-refractivity contribution in [2.75, 3.05) is 33.2 Å². The standard InChI is InChI=1S/C11H20F3N3O2/c1-8(2)4-17(5-9(15)18)6-10(19)16(3)7-11(12,13)14/h8H,4-7H2,1-3H3,(H2,15,18). The summed E-state index contributed by atoms with van der Waals surface area (Å²) >= 11 is 0. The molecule has 5 nitrogen and oxygen atoms in total. The van der Waals surface area contributed by atoms with E-state index in [4.69, 9.17) is 5.73 Å². The third-order valence-corrected chi connectivity index (χ3v) is 2.20. The molecule has 0 saturated carbocycles. The first kappa shape index (κ1) is 17.7. The quantitative estimate of drug-likeness (QED) is 0.737. The molecule has 0 aliphatic carbocycles. The fraction of sp³-hybridized carbons (Fsp3) is 0.818. The number of halogens is 3. The summed E-state index contributed by atoms with van der Waals surface area (Å²) in [4.78, 5) is 24.5. The molecule has 0 heterocycles. The van der Waals surface area contributed by atoms with Gasteiger partial charge < -0.3 is 10.6 Å². The maximum absolute atomic E-state index is 12.1. The topological polar surface area (TPSA) is 66.6 Å². The Balaban J connectivity index is 4.48. The molecule has 0 saturated heterocycles. The first-order valence-corrected chi connectivity index (χ1v) is 5.82. The van der Waals surface area contributed by atoms with Crippen LogP contribution < -0.4 is 5.73 Å². The molecule has 0 aromatic rings. The predicted octanol–water partition coefficient (Wildman–Crippen LogP) is 0.450. The number of alkyl halides is 3. The smallest absolute Gasteiger partial charge is 0.369 e. The van der Waals surface area contributed by atoms with Crippen LogP contribution in [0.15, 0.2) is 0 Å². The van der Waals surface area contributed by atoms with Crippen LogP contribution in [0.25, 0.3) is 0 Å². The van der Waals surface area contributed by atoms with E-state index in [1.165, 1.54) is 4.90 Å². The molecule has 0 fully saturated rings. The van der Waals surface area contributed by atoms with Crippen molar-refractivity contribution in [2.45, 2.75) is 20.0 Å². The fourth-order valence-electron chi connectivity index (χ4n) is 1.59. The molecule has 0 radical (unpaired) electrons. The van der Waals surface area contributed by atoms with Gasteiger partial charge in [0.25, 0.3) is 0 Å². The number of hydrogen-bond donors (Lipinski definition) is 1. The molecule has 0 rings (SSSR count). The monoisotopic (exact) mass is 283 g/mol. The maximum Gasteiger partial charge on any atom is 0.406 e. The number of primary amides is 1. The summed E-state index contributed by atoms with van der Waals surface area (Å²) in [6, 6.07) is 0. The van der Waals surface area contributed by atoms with Crippen molar-refractivity contribution in [3.63, 3.8) is 0 Å². The number of amides is 2. The SMILES string of the molecule is CC(C)CN(CC(N)=O)CC(=O)N(C)CC(F)(F)F. The summed E-state index contributed by atoms with van der Waals surface area (Å²) in [5.41, 5.74) is 5.04. The Kier molecular flexibility index (Phi) is 6.82. The number of carbonyl (C=O) groups excluding carboxylic acids is 2. The zero-order valence-corrected chi connectivity index (χ0v) is 11.3. The maximum atomic E-state index is 12.1.